The third kappa shape index (κ3) is 2.91. The summed E-state index contributed by atoms with van der Waals surface area (Å²) in [7, 11) is 0. The van der Waals surface area contributed by atoms with Crippen LogP contribution in [0.25, 0.3) is 0 Å². The van der Waals surface area contributed by atoms with Gasteiger partial charge >= 0.3 is 0 Å². The Hall–Kier alpha value is -2.15. The fourth-order valence-electron chi connectivity index (χ4n) is 1.12. The molecule has 88 valence electrons. The lowest BCUT2D eigenvalue weighted by Gasteiger charge is -1.98. The number of aromatic hydroxyl groups is 1. The molecule has 4 N–H and O–H groups in total. The number of benzene rings is 1. The van der Waals surface area contributed by atoms with E-state index in [1.165, 1.54) is 35.8 Å². The fraction of sp³-hybridized carbons (Fsp3) is 0. The number of halogens is 1. The molecule has 2 rings (SSSR count). The minimum absolute atomic E-state index is 0.0457. The molecular formula is C10H9FN4OS. The summed E-state index contributed by atoms with van der Waals surface area (Å²) in [6.45, 7) is 0. The van der Waals surface area contributed by atoms with Gasteiger partial charge in [-0.15, -0.1) is 11.3 Å². The Morgan fingerprint density at radius 1 is 1.53 bits per heavy atom. The highest BCUT2D eigenvalue weighted by molar-refractivity contribution is 7.14. The standard InChI is InChI=1S/C10H9FN4OS/c11-7-1-2-8(16)6(3-7)4-13-15-10-14-9(12)5-17-10/h1-5,16H,12H2,(H,14,15). The number of hydrazone groups is 1. The number of thiazole rings is 1. The molecule has 0 saturated carbocycles. The average molecular weight is 252 g/mol. The van der Waals surface area contributed by atoms with Gasteiger partial charge in [0.25, 0.3) is 0 Å². The summed E-state index contributed by atoms with van der Waals surface area (Å²) in [6, 6.07) is 3.61. The molecule has 0 aliphatic heterocycles. The van der Waals surface area contributed by atoms with Crippen LogP contribution in [0.1, 0.15) is 5.56 Å². The first-order chi connectivity index (χ1) is 8.15. The maximum atomic E-state index is 12.9. The van der Waals surface area contributed by atoms with Crippen molar-refractivity contribution >= 4 is 28.5 Å². The third-order valence-electron chi connectivity index (χ3n) is 1.88. The zero-order valence-electron chi connectivity index (χ0n) is 8.59. The van der Waals surface area contributed by atoms with Crippen molar-refractivity contribution in [1.29, 1.82) is 0 Å². The third-order valence-corrected chi connectivity index (χ3v) is 2.64. The van der Waals surface area contributed by atoms with Crippen molar-refractivity contribution < 1.29 is 9.50 Å². The van der Waals surface area contributed by atoms with Crippen LogP contribution in [0.4, 0.5) is 15.3 Å². The summed E-state index contributed by atoms with van der Waals surface area (Å²) in [6.07, 6.45) is 1.30. The van der Waals surface area contributed by atoms with E-state index in [1.54, 1.807) is 5.38 Å². The second kappa shape index (κ2) is 4.79. The number of hydrogen-bond donors (Lipinski definition) is 3. The van der Waals surface area contributed by atoms with Crippen LogP contribution in [0, 0.1) is 5.82 Å². The molecule has 0 bridgehead atoms. The molecule has 0 radical (unpaired) electrons. The normalized spacial score (nSPS) is 10.9. The highest BCUT2D eigenvalue weighted by Gasteiger charge is 2.00. The van der Waals surface area contributed by atoms with Crippen molar-refractivity contribution in [1.82, 2.24) is 4.98 Å². The first-order valence-electron chi connectivity index (χ1n) is 4.64. The number of phenolic OH excluding ortho intramolecular Hbond substituents is 1. The van der Waals surface area contributed by atoms with Crippen LogP contribution in [-0.2, 0) is 0 Å². The van der Waals surface area contributed by atoms with E-state index in [1.807, 2.05) is 0 Å². The maximum Gasteiger partial charge on any atom is 0.205 e. The maximum absolute atomic E-state index is 12.9. The molecule has 7 heteroatoms. The largest absolute Gasteiger partial charge is 0.507 e. The van der Waals surface area contributed by atoms with Gasteiger partial charge in [0.05, 0.1) is 6.21 Å². The minimum Gasteiger partial charge on any atom is -0.507 e. The molecular weight excluding hydrogens is 243 g/mol. The second-order valence-electron chi connectivity index (χ2n) is 3.15. The molecule has 2 aromatic rings. The van der Waals surface area contributed by atoms with Crippen LogP contribution >= 0.6 is 11.3 Å². The van der Waals surface area contributed by atoms with Crippen molar-refractivity contribution in [3.05, 3.63) is 35.0 Å². The summed E-state index contributed by atoms with van der Waals surface area (Å²) in [4.78, 5) is 3.92. The number of nitrogens with one attached hydrogen (secondary N) is 1. The molecule has 5 nitrogen and oxygen atoms in total. The molecule has 0 unspecified atom stereocenters. The first-order valence-corrected chi connectivity index (χ1v) is 5.52. The Kier molecular flexibility index (Phi) is 3.20. The lowest BCUT2D eigenvalue weighted by Crippen LogP contribution is -1.92. The van der Waals surface area contributed by atoms with Gasteiger partial charge in [0.15, 0.2) is 0 Å². The predicted molar refractivity (Wildman–Crippen MR) is 65.8 cm³/mol. The van der Waals surface area contributed by atoms with E-state index in [0.29, 0.717) is 10.9 Å². The Morgan fingerprint density at radius 2 is 2.35 bits per heavy atom. The van der Waals surface area contributed by atoms with E-state index in [4.69, 9.17) is 5.73 Å². The predicted octanol–water partition coefficient (Wildman–Crippen LogP) is 2.02. The molecule has 1 aromatic heterocycles. The van der Waals surface area contributed by atoms with Crippen LogP contribution in [0.2, 0.25) is 0 Å². The molecule has 0 aliphatic carbocycles. The number of hydrogen-bond acceptors (Lipinski definition) is 6. The van der Waals surface area contributed by atoms with Gasteiger partial charge in [-0.2, -0.15) is 5.10 Å². The zero-order chi connectivity index (χ0) is 12.3. The Morgan fingerprint density at radius 3 is 3.06 bits per heavy atom. The Bertz CT molecular complexity index is 555. The molecule has 0 saturated heterocycles. The van der Waals surface area contributed by atoms with Crippen LogP contribution in [0.5, 0.6) is 5.75 Å². The van der Waals surface area contributed by atoms with Gasteiger partial charge in [-0.3, -0.25) is 5.43 Å². The van der Waals surface area contributed by atoms with Gasteiger partial charge in [-0.1, -0.05) is 0 Å². The SMILES string of the molecule is Nc1csc(NN=Cc2cc(F)ccc2O)n1. The van der Waals surface area contributed by atoms with E-state index in [0.717, 1.165) is 0 Å². The van der Waals surface area contributed by atoms with Crippen LogP contribution in [-0.4, -0.2) is 16.3 Å². The van der Waals surface area contributed by atoms with Crippen LogP contribution in [0.15, 0.2) is 28.7 Å². The first kappa shape index (κ1) is 11.3. The number of nitrogen functional groups attached to an aromatic ring is 1. The molecule has 0 fully saturated rings. The smallest absolute Gasteiger partial charge is 0.205 e. The summed E-state index contributed by atoms with van der Waals surface area (Å²) < 4.78 is 12.9. The van der Waals surface area contributed by atoms with E-state index < -0.39 is 5.82 Å². The molecule has 0 spiro atoms. The van der Waals surface area contributed by atoms with Gasteiger partial charge in [0.1, 0.15) is 17.4 Å². The zero-order valence-corrected chi connectivity index (χ0v) is 9.41. The molecule has 0 aliphatic rings. The monoisotopic (exact) mass is 252 g/mol. The van der Waals surface area contributed by atoms with E-state index in [9.17, 15) is 9.50 Å². The van der Waals surface area contributed by atoms with Crippen molar-refractivity contribution in [2.24, 2.45) is 5.10 Å². The van der Waals surface area contributed by atoms with Gasteiger partial charge in [0.2, 0.25) is 5.13 Å². The molecule has 0 atom stereocenters. The average Bonchev–Trinajstić information content (AvgIpc) is 2.69. The van der Waals surface area contributed by atoms with Gasteiger partial charge < -0.3 is 10.8 Å². The Balaban J connectivity index is 2.07. The van der Waals surface area contributed by atoms with Gasteiger partial charge in [-0.05, 0) is 18.2 Å². The lowest BCUT2D eigenvalue weighted by molar-refractivity contribution is 0.472. The molecule has 1 heterocycles. The van der Waals surface area contributed by atoms with Crippen LogP contribution in [0.3, 0.4) is 0 Å². The summed E-state index contributed by atoms with van der Waals surface area (Å²) in [5, 5.41) is 15.4. The number of nitrogens with two attached hydrogens (primary N) is 1. The lowest BCUT2D eigenvalue weighted by atomic mass is 10.2. The topological polar surface area (TPSA) is 83.5 Å². The van der Waals surface area contributed by atoms with Crippen LogP contribution < -0.4 is 11.2 Å². The van der Waals surface area contributed by atoms with Crippen molar-refractivity contribution in [3.63, 3.8) is 0 Å². The minimum atomic E-state index is -0.442. The van der Waals surface area contributed by atoms with Crippen molar-refractivity contribution in [3.8, 4) is 5.75 Å². The van der Waals surface area contributed by atoms with Crippen molar-refractivity contribution in [2.75, 3.05) is 11.2 Å². The highest BCUT2D eigenvalue weighted by atomic mass is 32.1. The number of rotatable bonds is 3. The number of phenols is 1. The molecule has 0 amide bonds. The Labute approximate surface area is 100 Å². The van der Waals surface area contributed by atoms with Crippen molar-refractivity contribution in [2.45, 2.75) is 0 Å². The summed E-state index contributed by atoms with van der Waals surface area (Å²) >= 11 is 1.29. The molecule has 1 aromatic carbocycles. The number of nitrogens with zero attached hydrogens (tertiary/aromatic N) is 2. The van der Waals surface area contributed by atoms with Gasteiger partial charge in [-0.25, -0.2) is 9.37 Å². The quantitative estimate of drug-likeness (QED) is 0.576. The number of anilines is 2. The summed E-state index contributed by atoms with van der Waals surface area (Å²) in [5.74, 6) is -0.0837. The van der Waals surface area contributed by atoms with Gasteiger partial charge in [0, 0.05) is 10.9 Å². The summed E-state index contributed by atoms with van der Waals surface area (Å²) in [5.41, 5.74) is 8.33. The van der Waals surface area contributed by atoms with E-state index >= 15 is 0 Å². The second-order valence-corrected chi connectivity index (χ2v) is 4.01. The molecule has 17 heavy (non-hydrogen) atoms. The van der Waals surface area contributed by atoms with E-state index in [2.05, 4.69) is 15.5 Å². The number of aromatic nitrogens is 1. The fourth-order valence-corrected chi connectivity index (χ4v) is 1.67. The highest BCUT2D eigenvalue weighted by Crippen LogP contribution is 2.17. The van der Waals surface area contributed by atoms with E-state index in [-0.39, 0.29) is 11.3 Å².